The second kappa shape index (κ2) is 11.9. The normalized spacial score (nSPS) is 15.3. The molecule has 4 heterocycles. The molecule has 0 bridgehead atoms. The number of oxazole rings is 1. The number of aryl methyl sites for hydroxylation is 2. The monoisotopic (exact) mass is 558 g/mol. The number of aliphatic carboxylic acids is 1. The molecule has 0 unspecified atom stereocenters. The molecule has 0 amide bonds. The van der Waals surface area contributed by atoms with Crippen LogP contribution in [0, 0.1) is 13.8 Å². The van der Waals surface area contributed by atoms with Gasteiger partial charge in [-0.15, -0.1) is 0 Å². The lowest BCUT2D eigenvalue weighted by Gasteiger charge is -2.15. The molecular weight excluding hydrogens is 524 g/mol. The summed E-state index contributed by atoms with van der Waals surface area (Å²) in [5.74, 6) is -0.403. The van der Waals surface area contributed by atoms with E-state index in [0.717, 1.165) is 89.8 Å². The zero-order chi connectivity index (χ0) is 29.1. The van der Waals surface area contributed by atoms with E-state index in [0.29, 0.717) is 11.8 Å². The van der Waals surface area contributed by atoms with Crippen molar-refractivity contribution in [3.63, 3.8) is 0 Å². The molecule has 12 heteroatoms. The molecule has 1 aliphatic rings. The van der Waals surface area contributed by atoms with Crippen molar-refractivity contribution in [1.29, 1.82) is 0 Å². The summed E-state index contributed by atoms with van der Waals surface area (Å²) in [4.78, 5) is 24.8. The number of nitrogens with two attached hydrogens (primary N) is 1. The zero-order valence-electron chi connectivity index (χ0n) is 23.6. The zero-order valence-corrected chi connectivity index (χ0v) is 23.6. The highest BCUT2D eigenvalue weighted by Crippen LogP contribution is 2.34. The lowest BCUT2D eigenvalue weighted by molar-refractivity contribution is -0.134. The van der Waals surface area contributed by atoms with E-state index in [9.17, 15) is 0 Å². The molecule has 1 aliphatic heterocycles. The fraction of sp³-hybridized carbons (Fsp3) is 0.345. The number of likely N-dealkylation sites (tertiary alicyclic amines) is 1. The average molecular weight is 559 g/mol. The number of hydrogen-bond donors (Lipinski definition) is 3. The first-order chi connectivity index (χ1) is 19.7. The third-order valence-corrected chi connectivity index (χ3v) is 6.95. The summed E-state index contributed by atoms with van der Waals surface area (Å²) in [5.41, 5.74) is 13.5. The van der Waals surface area contributed by atoms with Crippen LogP contribution in [-0.2, 0) is 9.53 Å². The highest BCUT2D eigenvalue weighted by Gasteiger charge is 2.28. The van der Waals surface area contributed by atoms with Crippen LogP contribution in [0.5, 0.6) is 0 Å². The van der Waals surface area contributed by atoms with E-state index >= 15 is 0 Å². The molecule has 1 fully saturated rings. The van der Waals surface area contributed by atoms with E-state index in [1.807, 2.05) is 41.9 Å². The van der Waals surface area contributed by atoms with Crippen molar-refractivity contribution in [2.45, 2.75) is 33.2 Å². The Hall–Kier alpha value is -4.55. The fourth-order valence-corrected chi connectivity index (χ4v) is 5.15. The number of carboxylic acid groups (broad SMARTS) is 1. The largest absolute Gasteiger partial charge is 0.481 e. The molecule has 1 atom stereocenters. The van der Waals surface area contributed by atoms with Crippen molar-refractivity contribution in [3.8, 4) is 11.3 Å². The van der Waals surface area contributed by atoms with Crippen LogP contribution in [0.15, 0.2) is 47.1 Å². The minimum Gasteiger partial charge on any atom is -0.481 e. The van der Waals surface area contributed by atoms with Crippen molar-refractivity contribution in [3.05, 3.63) is 53.9 Å². The number of nitrogen functional groups attached to an aromatic ring is 1. The summed E-state index contributed by atoms with van der Waals surface area (Å²) in [5, 5.41) is 16.5. The SMILES string of the molecule is CC(=O)O.COCCN1CC[C@H](n2nc(-c3ccc(Nc4nc5cc(C)cc(C)c5o4)cc3)c3c(N)ncnc32)C1. The highest BCUT2D eigenvalue weighted by atomic mass is 16.5. The number of carbonyl (C=O) groups is 1. The molecule has 0 aliphatic carbocycles. The Kier molecular flexibility index (Phi) is 8.13. The number of carboxylic acids is 1. The van der Waals surface area contributed by atoms with Gasteiger partial charge in [0.1, 0.15) is 23.4 Å². The van der Waals surface area contributed by atoms with Crippen LogP contribution in [0.4, 0.5) is 17.5 Å². The maximum Gasteiger partial charge on any atom is 0.300 e. The van der Waals surface area contributed by atoms with Gasteiger partial charge in [0.2, 0.25) is 0 Å². The predicted octanol–water partition coefficient (Wildman–Crippen LogP) is 4.56. The molecule has 0 radical (unpaired) electrons. The number of aromatic nitrogens is 5. The maximum absolute atomic E-state index is 9.00. The van der Waals surface area contributed by atoms with Gasteiger partial charge in [0.05, 0.1) is 18.0 Å². The average Bonchev–Trinajstić information content (AvgIpc) is 3.65. The maximum atomic E-state index is 9.00. The van der Waals surface area contributed by atoms with Crippen molar-refractivity contribution < 1.29 is 19.1 Å². The summed E-state index contributed by atoms with van der Waals surface area (Å²) in [6.45, 7) is 8.69. The number of methoxy groups -OCH3 is 1. The number of ether oxygens (including phenoxy) is 1. The Morgan fingerprint density at radius 2 is 1.98 bits per heavy atom. The van der Waals surface area contributed by atoms with Gasteiger partial charge in [-0.05, 0) is 49.6 Å². The van der Waals surface area contributed by atoms with Gasteiger partial charge in [-0.3, -0.25) is 9.69 Å². The van der Waals surface area contributed by atoms with Crippen LogP contribution in [-0.4, -0.2) is 74.1 Å². The van der Waals surface area contributed by atoms with Crippen molar-refractivity contribution >= 4 is 45.6 Å². The standard InChI is InChI=1S/C27H30N8O2.C2H4O2/c1-16-12-17(2)24-21(13-16)32-27(37-24)31-19-6-4-18(5-7-19)23-22-25(28)29-15-30-26(22)35(33-23)20-8-9-34(14-20)10-11-36-3;1-2(3)4/h4-7,12-13,15,20H,8-11,14H2,1-3H3,(H,31,32)(H2,28,29,30);1H3,(H,3,4)/t20-;/m0./s1. The number of nitrogens with zero attached hydrogens (tertiary/aromatic N) is 6. The van der Waals surface area contributed by atoms with Crippen molar-refractivity contribution in [2.75, 3.05) is 44.4 Å². The van der Waals surface area contributed by atoms with E-state index in [1.54, 1.807) is 7.11 Å². The van der Waals surface area contributed by atoms with Crippen LogP contribution in [0.2, 0.25) is 0 Å². The summed E-state index contributed by atoms with van der Waals surface area (Å²) in [7, 11) is 1.73. The predicted molar refractivity (Wildman–Crippen MR) is 157 cm³/mol. The molecule has 1 saturated heterocycles. The van der Waals surface area contributed by atoms with E-state index in [-0.39, 0.29) is 6.04 Å². The molecule has 12 nitrogen and oxygen atoms in total. The van der Waals surface area contributed by atoms with Gasteiger partial charge in [0.15, 0.2) is 11.2 Å². The van der Waals surface area contributed by atoms with Crippen molar-refractivity contribution in [1.82, 2.24) is 29.6 Å². The van der Waals surface area contributed by atoms with Crippen LogP contribution < -0.4 is 11.1 Å². The molecule has 2 aromatic carbocycles. The lowest BCUT2D eigenvalue weighted by atomic mass is 10.1. The molecule has 41 heavy (non-hydrogen) atoms. The molecule has 214 valence electrons. The van der Waals surface area contributed by atoms with Crippen LogP contribution in [0.3, 0.4) is 0 Å². The second-order valence-corrected chi connectivity index (χ2v) is 10.2. The van der Waals surface area contributed by atoms with Gasteiger partial charge in [-0.25, -0.2) is 14.6 Å². The highest BCUT2D eigenvalue weighted by molar-refractivity contribution is 5.98. The van der Waals surface area contributed by atoms with E-state index in [1.165, 1.54) is 6.33 Å². The van der Waals surface area contributed by atoms with E-state index in [2.05, 4.69) is 38.2 Å². The topological polar surface area (TPSA) is 157 Å². The first-order valence-electron chi connectivity index (χ1n) is 13.4. The minimum atomic E-state index is -0.833. The number of fused-ring (bicyclic) bond motifs is 2. The lowest BCUT2D eigenvalue weighted by Crippen LogP contribution is -2.25. The second-order valence-electron chi connectivity index (χ2n) is 10.2. The number of hydrogen-bond acceptors (Lipinski definition) is 10. The Balaban J connectivity index is 0.000000794. The van der Waals surface area contributed by atoms with Crippen LogP contribution in [0.1, 0.15) is 30.5 Å². The van der Waals surface area contributed by atoms with Gasteiger partial charge < -0.3 is 25.3 Å². The van der Waals surface area contributed by atoms with Crippen LogP contribution in [0.25, 0.3) is 33.4 Å². The quantitative estimate of drug-likeness (QED) is 0.257. The summed E-state index contributed by atoms with van der Waals surface area (Å²) < 4.78 is 13.2. The molecule has 4 N–H and O–H groups in total. The summed E-state index contributed by atoms with van der Waals surface area (Å²) >= 11 is 0. The summed E-state index contributed by atoms with van der Waals surface area (Å²) in [6.07, 6.45) is 2.50. The van der Waals surface area contributed by atoms with Crippen molar-refractivity contribution in [2.24, 2.45) is 0 Å². The number of nitrogens with one attached hydrogen (secondary N) is 1. The summed E-state index contributed by atoms with van der Waals surface area (Å²) in [6, 6.07) is 12.8. The van der Waals surface area contributed by atoms with Gasteiger partial charge in [0.25, 0.3) is 12.0 Å². The van der Waals surface area contributed by atoms with Gasteiger partial charge in [-0.1, -0.05) is 18.2 Å². The van der Waals surface area contributed by atoms with Gasteiger partial charge in [0, 0.05) is 44.9 Å². The molecule has 0 spiro atoms. The van der Waals surface area contributed by atoms with Gasteiger partial charge in [-0.2, -0.15) is 10.1 Å². The third kappa shape index (κ3) is 6.13. The molecular formula is C29H34N8O4. The smallest absolute Gasteiger partial charge is 0.300 e. The molecule has 5 aromatic rings. The number of anilines is 3. The molecule has 6 rings (SSSR count). The third-order valence-electron chi connectivity index (χ3n) is 6.95. The van der Waals surface area contributed by atoms with Crippen LogP contribution >= 0.6 is 0 Å². The first kappa shape index (κ1) is 28.0. The Morgan fingerprint density at radius 1 is 1.22 bits per heavy atom. The number of benzene rings is 2. The van der Waals surface area contributed by atoms with Gasteiger partial charge >= 0.3 is 0 Å². The Bertz CT molecular complexity index is 1670. The van der Waals surface area contributed by atoms with E-state index < -0.39 is 5.97 Å². The Morgan fingerprint density at radius 3 is 2.71 bits per heavy atom. The first-order valence-corrected chi connectivity index (χ1v) is 13.4. The van der Waals surface area contributed by atoms with E-state index in [4.69, 9.17) is 29.9 Å². The Labute approximate surface area is 237 Å². The fourth-order valence-electron chi connectivity index (χ4n) is 5.15. The number of rotatable bonds is 7. The minimum absolute atomic E-state index is 0.217. The molecule has 3 aromatic heterocycles. The molecule has 0 saturated carbocycles.